The summed E-state index contributed by atoms with van der Waals surface area (Å²) in [6.07, 6.45) is 25.9. The van der Waals surface area contributed by atoms with Crippen molar-refractivity contribution in [2.24, 2.45) is 0 Å². The number of halogens is 1. The van der Waals surface area contributed by atoms with Gasteiger partial charge in [-0.05, 0) is 19.3 Å². The smallest absolute Gasteiger partial charge is 0.104 e. The standard InChI is InChI=1S/C30H56N.ClH/c1-4-6-8-9-10-11-12-13-14-15-16-17-18-19-20-24-28-31(3,27-7-5-2)29-30-25-22-21-23-26-30;/h21-23,25-26H,4-20,24,27-29H2,1-3H3;1H/q+1;/p-1. The molecule has 1 atom stereocenters. The second-order valence-corrected chi connectivity index (χ2v) is 10.4. The van der Waals surface area contributed by atoms with Gasteiger partial charge in [-0.2, -0.15) is 0 Å². The van der Waals surface area contributed by atoms with Crippen molar-refractivity contribution in [3.05, 3.63) is 35.9 Å². The third-order valence-electron chi connectivity index (χ3n) is 7.01. The van der Waals surface area contributed by atoms with E-state index < -0.39 is 0 Å². The van der Waals surface area contributed by atoms with Gasteiger partial charge in [0.2, 0.25) is 0 Å². The van der Waals surface area contributed by atoms with Crippen molar-refractivity contribution in [1.82, 2.24) is 0 Å². The Hall–Kier alpha value is -0.530. The lowest BCUT2D eigenvalue weighted by Crippen LogP contribution is -3.00. The van der Waals surface area contributed by atoms with Crippen molar-refractivity contribution >= 4 is 0 Å². The second-order valence-electron chi connectivity index (χ2n) is 10.4. The van der Waals surface area contributed by atoms with Crippen LogP contribution in [0.4, 0.5) is 0 Å². The van der Waals surface area contributed by atoms with Gasteiger partial charge in [0.15, 0.2) is 0 Å². The van der Waals surface area contributed by atoms with Crippen LogP contribution in [0.3, 0.4) is 0 Å². The molecule has 0 heterocycles. The van der Waals surface area contributed by atoms with Gasteiger partial charge in [0, 0.05) is 5.56 Å². The molecular formula is C30H56ClN. The van der Waals surface area contributed by atoms with Gasteiger partial charge in [-0.1, -0.05) is 140 Å². The summed E-state index contributed by atoms with van der Waals surface area (Å²) in [5.74, 6) is 0. The quantitative estimate of drug-likeness (QED) is 0.132. The van der Waals surface area contributed by atoms with E-state index in [0.717, 1.165) is 0 Å². The molecule has 32 heavy (non-hydrogen) atoms. The predicted molar refractivity (Wildman–Crippen MR) is 141 cm³/mol. The lowest BCUT2D eigenvalue weighted by Gasteiger charge is -2.35. The van der Waals surface area contributed by atoms with Crippen molar-refractivity contribution in [2.45, 2.75) is 136 Å². The summed E-state index contributed by atoms with van der Waals surface area (Å²) in [5.41, 5.74) is 1.50. The van der Waals surface area contributed by atoms with Crippen molar-refractivity contribution in [2.75, 3.05) is 20.1 Å². The molecule has 0 aliphatic heterocycles. The minimum atomic E-state index is 0. The first kappa shape index (κ1) is 31.5. The largest absolute Gasteiger partial charge is 1.00 e. The number of nitrogens with zero attached hydrogens (tertiary/aromatic N) is 1. The van der Waals surface area contributed by atoms with E-state index in [9.17, 15) is 0 Å². The van der Waals surface area contributed by atoms with Crippen molar-refractivity contribution < 1.29 is 16.9 Å². The maximum absolute atomic E-state index is 2.48. The van der Waals surface area contributed by atoms with Crippen molar-refractivity contribution in [1.29, 1.82) is 0 Å². The molecule has 0 aliphatic rings. The molecule has 0 fully saturated rings. The molecule has 0 aromatic heterocycles. The summed E-state index contributed by atoms with van der Waals surface area (Å²) >= 11 is 0. The van der Waals surface area contributed by atoms with E-state index >= 15 is 0 Å². The lowest BCUT2D eigenvalue weighted by atomic mass is 10.0. The fourth-order valence-corrected chi connectivity index (χ4v) is 4.88. The van der Waals surface area contributed by atoms with E-state index in [1.165, 1.54) is 145 Å². The molecule has 0 N–H and O–H groups in total. The Morgan fingerprint density at radius 1 is 0.500 bits per heavy atom. The van der Waals surface area contributed by atoms with Crippen LogP contribution in [-0.4, -0.2) is 24.6 Å². The Morgan fingerprint density at radius 2 is 0.875 bits per heavy atom. The molecule has 0 spiro atoms. The van der Waals surface area contributed by atoms with E-state index in [-0.39, 0.29) is 12.4 Å². The Morgan fingerprint density at radius 3 is 1.31 bits per heavy atom. The minimum Gasteiger partial charge on any atom is -1.00 e. The highest BCUT2D eigenvalue weighted by molar-refractivity contribution is 5.13. The fourth-order valence-electron chi connectivity index (χ4n) is 4.88. The normalized spacial score (nSPS) is 13.0. The summed E-state index contributed by atoms with van der Waals surface area (Å²) in [5, 5.41) is 0. The highest BCUT2D eigenvalue weighted by Gasteiger charge is 2.20. The molecule has 0 amide bonds. The molecule has 0 radical (unpaired) electrons. The van der Waals surface area contributed by atoms with Crippen LogP contribution < -0.4 is 12.4 Å². The molecule has 1 nitrogen and oxygen atoms in total. The monoisotopic (exact) mass is 465 g/mol. The average molecular weight is 466 g/mol. The summed E-state index contributed by atoms with van der Waals surface area (Å²) < 4.78 is 1.22. The van der Waals surface area contributed by atoms with Gasteiger partial charge in [0.1, 0.15) is 6.54 Å². The van der Waals surface area contributed by atoms with Crippen LogP contribution in [0.1, 0.15) is 135 Å². The highest BCUT2D eigenvalue weighted by atomic mass is 35.5. The first-order valence-electron chi connectivity index (χ1n) is 14.1. The number of rotatable bonds is 22. The van der Waals surface area contributed by atoms with E-state index in [1.807, 2.05) is 0 Å². The second kappa shape index (κ2) is 22.3. The van der Waals surface area contributed by atoms with Crippen LogP contribution in [0.5, 0.6) is 0 Å². The van der Waals surface area contributed by atoms with Crippen LogP contribution >= 0.6 is 0 Å². The lowest BCUT2D eigenvalue weighted by molar-refractivity contribution is -0.923. The van der Waals surface area contributed by atoms with Crippen LogP contribution in [-0.2, 0) is 6.54 Å². The molecule has 188 valence electrons. The number of benzene rings is 1. The molecule has 2 heteroatoms. The Balaban J connectivity index is 0.00000961. The first-order chi connectivity index (χ1) is 15.2. The molecule has 0 saturated heterocycles. The molecule has 0 bridgehead atoms. The van der Waals surface area contributed by atoms with Gasteiger partial charge in [0.25, 0.3) is 0 Å². The summed E-state index contributed by atoms with van der Waals surface area (Å²) in [6, 6.07) is 11.1. The summed E-state index contributed by atoms with van der Waals surface area (Å²) in [6.45, 7) is 8.48. The third kappa shape index (κ3) is 18.0. The molecule has 0 saturated carbocycles. The highest BCUT2D eigenvalue weighted by Crippen LogP contribution is 2.17. The topological polar surface area (TPSA) is 0 Å². The molecule has 1 aromatic carbocycles. The maximum atomic E-state index is 2.48. The molecule has 0 aliphatic carbocycles. The van der Waals surface area contributed by atoms with Crippen LogP contribution in [0.15, 0.2) is 30.3 Å². The zero-order valence-electron chi connectivity index (χ0n) is 22.1. The van der Waals surface area contributed by atoms with Crippen LogP contribution in [0.2, 0.25) is 0 Å². The van der Waals surface area contributed by atoms with Crippen LogP contribution in [0, 0.1) is 0 Å². The fraction of sp³-hybridized carbons (Fsp3) is 0.800. The summed E-state index contributed by atoms with van der Waals surface area (Å²) in [7, 11) is 2.48. The predicted octanol–water partition coefficient (Wildman–Crippen LogP) is 6.70. The van der Waals surface area contributed by atoms with E-state index in [1.54, 1.807) is 0 Å². The van der Waals surface area contributed by atoms with Gasteiger partial charge in [-0.3, -0.25) is 0 Å². The van der Waals surface area contributed by atoms with E-state index in [4.69, 9.17) is 0 Å². The summed E-state index contributed by atoms with van der Waals surface area (Å²) in [4.78, 5) is 0. The first-order valence-corrected chi connectivity index (χ1v) is 14.1. The Kier molecular flexibility index (Phi) is 21.9. The third-order valence-corrected chi connectivity index (χ3v) is 7.01. The Labute approximate surface area is 208 Å². The van der Waals surface area contributed by atoms with E-state index in [2.05, 4.69) is 51.2 Å². The zero-order chi connectivity index (χ0) is 22.5. The van der Waals surface area contributed by atoms with Gasteiger partial charge >= 0.3 is 0 Å². The number of quaternary nitrogens is 1. The van der Waals surface area contributed by atoms with E-state index in [0.29, 0.717) is 0 Å². The molecule has 1 aromatic rings. The van der Waals surface area contributed by atoms with Gasteiger partial charge in [0.05, 0.1) is 20.1 Å². The number of hydrogen-bond donors (Lipinski definition) is 0. The maximum Gasteiger partial charge on any atom is 0.104 e. The van der Waals surface area contributed by atoms with Crippen molar-refractivity contribution in [3.8, 4) is 0 Å². The number of unbranched alkanes of at least 4 members (excludes halogenated alkanes) is 16. The van der Waals surface area contributed by atoms with Crippen LogP contribution in [0.25, 0.3) is 0 Å². The average Bonchev–Trinajstić information content (AvgIpc) is 2.78. The molecule has 1 unspecified atom stereocenters. The van der Waals surface area contributed by atoms with Crippen molar-refractivity contribution in [3.63, 3.8) is 0 Å². The van der Waals surface area contributed by atoms with Gasteiger partial charge in [-0.25, -0.2) is 0 Å². The Bertz CT molecular complexity index is 489. The minimum absolute atomic E-state index is 0. The SMILES string of the molecule is CCCCCCCCCCCCCCCCCC[N+](C)(CCCC)Cc1ccccc1.[Cl-]. The van der Waals surface area contributed by atoms with Gasteiger partial charge in [-0.15, -0.1) is 0 Å². The molecular weight excluding hydrogens is 410 g/mol. The molecule has 1 rings (SSSR count). The number of hydrogen-bond acceptors (Lipinski definition) is 0. The van der Waals surface area contributed by atoms with Gasteiger partial charge < -0.3 is 16.9 Å². The zero-order valence-corrected chi connectivity index (χ0v) is 22.8.